The van der Waals surface area contributed by atoms with Gasteiger partial charge in [0.2, 0.25) is 11.1 Å². The van der Waals surface area contributed by atoms with Crippen LogP contribution < -0.4 is 10.1 Å². The Kier molecular flexibility index (Phi) is 5.11. The van der Waals surface area contributed by atoms with Gasteiger partial charge in [0, 0.05) is 24.9 Å². The first-order valence-corrected chi connectivity index (χ1v) is 7.39. The third kappa shape index (κ3) is 3.94. The van der Waals surface area contributed by atoms with Crippen molar-refractivity contribution in [2.45, 2.75) is 12.1 Å². The SMILES string of the molecule is COc1cc(NC(=O)CSc2nnnn2C)c(C)cc1[N+](=O)[O-]. The Morgan fingerprint density at radius 1 is 1.52 bits per heavy atom. The molecule has 2 aromatic rings. The smallest absolute Gasteiger partial charge is 0.311 e. The molecule has 0 bridgehead atoms. The largest absolute Gasteiger partial charge is 0.490 e. The number of aryl methyl sites for hydroxylation is 2. The third-order valence-corrected chi connectivity index (χ3v) is 3.92. The van der Waals surface area contributed by atoms with Gasteiger partial charge in [0.15, 0.2) is 5.75 Å². The molecule has 23 heavy (non-hydrogen) atoms. The molecule has 1 heterocycles. The highest BCUT2D eigenvalue weighted by Gasteiger charge is 2.18. The van der Waals surface area contributed by atoms with Gasteiger partial charge in [-0.3, -0.25) is 14.9 Å². The summed E-state index contributed by atoms with van der Waals surface area (Å²) in [6.45, 7) is 1.67. The number of hydrogen-bond acceptors (Lipinski definition) is 8. The molecule has 0 fully saturated rings. The van der Waals surface area contributed by atoms with E-state index in [9.17, 15) is 14.9 Å². The van der Waals surface area contributed by atoms with Crippen LogP contribution in [0, 0.1) is 17.0 Å². The number of thioether (sulfide) groups is 1. The highest BCUT2D eigenvalue weighted by molar-refractivity contribution is 7.99. The van der Waals surface area contributed by atoms with Gasteiger partial charge in [0.05, 0.1) is 17.8 Å². The van der Waals surface area contributed by atoms with Crippen LogP contribution in [0.5, 0.6) is 5.75 Å². The van der Waals surface area contributed by atoms with Gasteiger partial charge in [0.25, 0.3) is 0 Å². The number of amides is 1. The van der Waals surface area contributed by atoms with Crippen molar-refractivity contribution in [3.05, 3.63) is 27.8 Å². The zero-order valence-electron chi connectivity index (χ0n) is 12.6. The number of tetrazole rings is 1. The summed E-state index contributed by atoms with van der Waals surface area (Å²) in [5, 5.41) is 25.1. The summed E-state index contributed by atoms with van der Waals surface area (Å²) in [4.78, 5) is 22.4. The molecule has 0 saturated carbocycles. The highest BCUT2D eigenvalue weighted by Crippen LogP contribution is 2.32. The second kappa shape index (κ2) is 7.05. The van der Waals surface area contributed by atoms with Gasteiger partial charge >= 0.3 is 5.69 Å². The normalized spacial score (nSPS) is 10.4. The molecule has 2 rings (SSSR count). The maximum Gasteiger partial charge on any atom is 0.311 e. The van der Waals surface area contributed by atoms with E-state index in [1.165, 1.54) is 35.7 Å². The number of nitrogens with one attached hydrogen (secondary N) is 1. The monoisotopic (exact) mass is 338 g/mol. The van der Waals surface area contributed by atoms with Crippen LogP contribution in [0.25, 0.3) is 0 Å². The van der Waals surface area contributed by atoms with E-state index in [0.29, 0.717) is 16.4 Å². The molecular weight excluding hydrogens is 324 g/mol. The lowest BCUT2D eigenvalue weighted by Gasteiger charge is -2.10. The Hall–Kier alpha value is -2.69. The molecule has 0 saturated heterocycles. The Balaban J connectivity index is 2.08. The topological polar surface area (TPSA) is 125 Å². The first-order chi connectivity index (χ1) is 10.9. The van der Waals surface area contributed by atoms with E-state index in [2.05, 4.69) is 20.8 Å². The van der Waals surface area contributed by atoms with Gasteiger partial charge < -0.3 is 10.1 Å². The van der Waals surface area contributed by atoms with Crippen LogP contribution >= 0.6 is 11.8 Å². The van der Waals surface area contributed by atoms with Crippen molar-refractivity contribution in [3.8, 4) is 5.75 Å². The maximum atomic E-state index is 12.0. The molecule has 1 aromatic carbocycles. The van der Waals surface area contributed by atoms with E-state index < -0.39 is 4.92 Å². The van der Waals surface area contributed by atoms with E-state index >= 15 is 0 Å². The molecule has 0 aliphatic rings. The van der Waals surface area contributed by atoms with Crippen molar-refractivity contribution >= 4 is 29.0 Å². The minimum atomic E-state index is -0.533. The minimum Gasteiger partial charge on any atom is -0.490 e. The van der Waals surface area contributed by atoms with Crippen LogP contribution in [0.1, 0.15) is 5.56 Å². The predicted molar refractivity (Wildman–Crippen MR) is 82.5 cm³/mol. The number of rotatable bonds is 6. The molecule has 0 unspecified atom stereocenters. The number of nitro benzene ring substituents is 1. The summed E-state index contributed by atoms with van der Waals surface area (Å²) in [7, 11) is 3.01. The molecule has 1 amide bonds. The van der Waals surface area contributed by atoms with E-state index in [1.54, 1.807) is 14.0 Å². The van der Waals surface area contributed by atoms with Gasteiger partial charge in [-0.05, 0) is 22.9 Å². The second-order valence-electron chi connectivity index (χ2n) is 4.52. The van der Waals surface area contributed by atoms with Crippen molar-refractivity contribution < 1.29 is 14.5 Å². The van der Waals surface area contributed by atoms with E-state index in [4.69, 9.17) is 4.74 Å². The summed E-state index contributed by atoms with van der Waals surface area (Å²) in [6.07, 6.45) is 0. The summed E-state index contributed by atoms with van der Waals surface area (Å²) in [5.41, 5.74) is 0.868. The molecule has 1 N–H and O–H groups in total. The summed E-state index contributed by atoms with van der Waals surface area (Å²) in [6, 6.07) is 2.79. The fraction of sp³-hybridized carbons (Fsp3) is 0.333. The number of ether oxygens (including phenoxy) is 1. The lowest BCUT2D eigenvalue weighted by atomic mass is 10.1. The number of benzene rings is 1. The molecular formula is C12H14N6O4S. The highest BCUT2D eigenvalue weighted by atomic mass is 32.2. The molecule has 0 radical (unpaired) electrons. The maximum absolute atomic E-state index is 12.0. The standard InChI is InChI=1S/C12H14N6O4S/c1-7-4-9(18(20)21)10(22-3)5-8(7)13-11(19)6-23-12-14-15-16-17(12)2/h4-5H,6H2,1-3H3,(H,13,19). The second-order valence-corrected chi connectivity index (χ2v) is 5.46. The Morgan fingerprint density at radius 3 is 2.83 bits per heavy atom. The van der Waals surface area contributed by atoms with Crippen LogP contribution in [-0.4, -0.2) is 43.9 Å². The number of carbonyl (C=O) groups excluding carboxylic acids is 1. The van der Waals surface area contributed by atoms with Gasteiger partial charge in [-0.2, -0.15) is 0 Å². The fourth-order valence-corrected chi connectivity index (χ4v) is 2.42. The molecule has 10 nitrogen and oxygen atoms in total. The van der Waals surface area contributed by atoms with Crippen molar-refractivity contribution in [2.24, 2.45) is 7.05 Å². The Bertz CT molecular complexity index is 747. The fourth-order valence-electron chi connectivity index (χ4n) is 1.77. The summed E-state index contributed by atoms with van der Waals surface area (Å²) < 4.78 is 6.45. The van der Waals surface area contributed by atoms with Crippen molar-refractivity contribution in [1.82, 2.24) is 20.2 Å². The average molecular weight is 338 g/mol. The van der Waals surface area contributed by atoms with E-state index in [-0.39, 0.29) is 23.1 Å². The molecule has 0 atom stereocenters. The van der Waals surface area contributed by atoms with E-state index in [1.807, 2.05) is 0 Å². The molecule has 1 aromatic heterocycles. The molecule has 0 aliphatic carbocycles. The van der Waals surface area contributed by atoms with Crippen molar-refractivity contribution in [3.63, 3.8) is 0 Å². The number of aromatic nitrogens is 4. The van der Waals surface area contributed by atoms with Crippen LogP contribution in [0.2, 0.25) is 0 Å². The average Bonchev–Trinajstić information content (AvgIpc) is 2.92. The number of methoxy groups -OCH3 is 1. The number of nitrogens with zero attached hydrogens (tertiary/aromatic N) is 5. The minimum absolute atomic E-state index is 0.0843. The van der Waals surface area contributed by atoms with E-state index in [0.717, 1.165) is 0 Å². The van der Waals surface area contributed by atoms with Crippen molar-refractivity contribution in [2.75, 3.05) is 18.2 Å². The van der Waals surface area contributed by atoms with Crippen molar-refractivity contribution in [1.29, 1.82) is 0 Å². The zero-order chi connectivity index (χ0) is 17.0. The van der Waals surface area contributed by atoms with Gasteiger partial charge in [-0.15, -0.1) is 5.10 Å². The summed E-state index contributed by atoms with van der Waals surface area (Å²) >= 11 is 1.18. The predicted octanol–water partition coefficient (Wildman–Crippen LogP) is 1.17. The Labute approximate surface area is 135 Å². The van der Waals surface area contributed by atoms with Crippen LogP contribution in [0.15, 0.2) is 17.3 Å². The zero-order valence-corrected chi connectivity index (χ0v) is 13.5. The molecule has 122 valence electrons. The first-order valence-electron chi connectivity index (χ1n) is 6.40. The Morgan fingerprint density at radius 2 is 2.26 bits per heavy atom. The van der Waals surface area contributed by atoms with Crippen LogP contribution in [-0.2, 0) is 11.8 Å². The lowest BCUT2D eigenvalue weighted by molar-refractivity contribution is -0.385. The number of carbonyl (C=O) groups is 1. The molecule has 11 heteroatoms. The quantitative estimate of drug-likeness (QED) is 0.472. The number of anilines is 1. The number of hydrogen-bond donors (Lipinski definition) is 1. The molecule has 0 aliphatic heterocycles. The third-order valence-electron chi connectivity index (χ3n) is 2.91. The van der Waals surface area contributed by atoms with Gasteiger partial charge in [-0.25, -0.2) is 4.68 Å². The summed E-state index contributed by atoms with van der Waals surface area (Å²) in [5.74, 6) is -0.0921. The number of nitro groups is 1. The van der Waals surface area contributed by atoms with Crippen LogP contribution in [0.3, 0.4) is 0 Å². The van der Waals surface area contributed by atoms with Gasteiger partial charge in [0.1, 0.15) is 0 Å². The first kappa shape index (κ1) is 16.7. The molecule has 0 spiro atoms. The van der Waals surface area contributed by atoms with Crippen LogP contribution in [0.4, 0.5) is 11.4 Å². The van der Waals surface area contributed by atoms with Gasteiger partial charge in [-0.1, -0.05) is 11.8 Å². The lowest BCUT2D eigenvalue weighted by Crippen LogP contribution is -2.15.